The van der Waals surface area contributed by atoms with Gasteiger partial charge >= 0.3 is 6.09 Å². The molecule has 3 aromatic rings. The van der Waals surface area contributed by atoms with Gasteiger partial charge < -0.3 is 20.1 Å². The monoisotopic (exact) mass is 655 g/mol. The Balaban J connectivity index is 1.43. The van der Waals surface area contributed by atoms with Gasteiger partial charge in [0.1, 0.15) is 12.6 Å². The van der Waals surface area contributed by atoms with E-state index in [1.54, 1.807) is 24.3 Å². The lowest BCUT2D eigenvalue weighted by Crippen LogP contribution is -2.50. The Morgan fingerprint density at radius 3 is 2.22 bits per heavy atom. The Morgan fingerprint density at radius 1 is 0.891 bits per heavy atom. The third-order valence-corrected chi connectivity index (χ3v) is 8.97. The van der Waals surface area contributed by atoms with Crippen LogP contribution >= 0.6 is 0 Å². The number of sulfonamides is 1. The van der Waals surface area contributed by atoms with Crippen LogP contribution in [0.3, 0.4) is 0 Å². The third kappa shape index (κ3) is 10.6. The summed E-state index contributed by atoms with van der Waals surface area (Å²) in [5.41, 5.74) is 4.01. The lowest BCUT2D eigenvalue weighted by molar-refractivity contribution is -0.159. The normalized spacial score (nSPS) is 14.5. The Hall–Kier alpha value is -3.89. The zero-order valence-corrected chi connectivity index (χ0v) is 26.4. The molecule has 1 aliphatic rings. The van der Waals surface area contributed by atoms with Crippen LogP contribution in [0.25, 0.3) is 11.1 Å². The average Bonchev–Trinajstić information content (AvgIpc) is 3.10. The molecule has 0 aliphatic carbocycles. The number of benzene rings is 3. The van der Waals surface area contributed by atoms with Crippen LogP contribution in [0.4, 0.5) is 4.79 Å². The number of nitrogens with one attached hydrogen (secondary N) is 3. The van der Waals surface area contributed by atoms with Crippen molar-refractivity contribution in [2.24, 2.45) is 0 Å². The standard InChI is InChI=1S/C32H41N5O8S/c38-31(35-40)30(15-16-34-32(39)44-25-26-7-3-1-4-8-26)37(45-24-23-43-22-21-36-19-17-33-18-20-36)46(41,42)29-13-11-28(12-14-29)27-9-5-2-6-10-27/h1-14,30,33,40H,15-25H2,(H,34,39)(H,35,38)/t30-/m1/s1. The molecule has 0 saturated carbocycles. The second-order valence-corrected chi connectivity index (χ2v) is 12.2. The Labute approximate surface area is 269 Å². The Kier molecular flexibility index (Phi) is 13.9. The van der Waals surface area contributed by atoms with E-state index < -0.39 is 28.1 Å². The quantitative estimate of drug-likeness (QED) is 0.0967. The van der Waals surface area contributed by atoms with Crippen molar-refractivity contribution in [3.05, 3.63) is 90.5 Å². The van der Waals surface area contributed by atoms with Gasteiger partial charge in [-0.05, 0) is 35.2 Å². The minimum Gasteiger partial charge on any atom is -0.445 e. The molecule has 1 heterocycles. The molecule has 1 fully saturated rings. The van der Waals surface area contributed by atoms with Crippen molar-refractivity contribution in [3.8, 4) is 11.1 Å². The van der Waals surface area contributed by atoms with Crippen LogP contribution in [0.15, 0.2) is 89.8 Å². The van der Waals surface area contributed by atoms with Crippen LogP contribution in [0.2, 0.25) is 0 Å². The SMILES string of the molecule is O=C(NCC[C@H](C(=O)NO)N(OCCOCCN1CCNCC1)S(=O)(=O)c1ccc(-c2ccccc2)cc1)OCc1ccccc1. The molecule has 1 aliphatic heterocycles. The number of amides is 2. The maximum atomic E-state index is 13.9. The van der Waals surface area contributed by atoms with Gasteiger partial charge in [-0.2, -0.15) is 0 Å². The number of nitrogens with zero attached hydrogens (tertiary/aromatic N) is 2. The van der Waals surface area contributed by atoms with Gasteiger partial charge in [-0.25, -0.2) is 18.7 Å². The molecule has 4 N–H and O–H groups in total. The third-order valence-electron chi connectivity index (χ3n) is 7.27. The van der Waals surface area contributed by atoms with E-state index in [-0.39, 0.29) is 37.7 Å². The first-order valence-corrected chi connectivity index (χ1v) is 16.5. The molecule has 14 heteroatoms. The fourth-order valence-corrected chi connectivity index (χ4v) is 6.23. The van der Waals surface area contributed by atoms with Gasteiger partial charge in [0.05, 0.1) is 24.7 Å². The molecule has 0 unspecified atom stereocenters. The summed E-state index contributed by atoms with van der Waals surface area (Å²) in [4.78, 5) is 33.0. The summed E-state index contributed by atoms with van der Waals surface area (Å²) >= 11 is 0. The molecule has 1 saturated heterocycles. The van der Waals surface area contributed by atoms with Crippen LogP contribution in [0.1, 0.15) is 12.0 Å². The predicted octanol–water partition coefficient (Wildman–Crippen LogP) is 2.39. The highest BCUT2D eigenvalue weighted by Crippen LogP contribution is 2.25. The predicted molar refractivity (Wildman–Crippen MR) is 170 cm³/mol. The van der Waals surface area contributed by atoms with Crippen molar-refractivity contribution < 1.29 is 37.5 Å². The van der Waals surface area contributed by atoms with Gasteiger partial charge in [0.15, 0.2) is 0 Å². The number of hydroxylamine groups is 2. The maximum Gasteiger partial charge on any atom is 0.407 e. The molecule has 2 amide bonds. The number of hydrogen-bond acceptors (Lipinski definition) is 10. The molecular weight excluding hydrogens is 614 g/mol. The van der Waals surface area contributed by atoms with Crippen molar-refractivity contribution in [3.63, 3.8) is 0 Å². The number of hydrogen-bond donors (Lipinski definition) is 4. The molecule has 3 aromatic carbocycles. The molecule has 248 valence electrons. The zero-order valence-electron chi connectivity index (χ0n) is 25.5. The van der Waals surface area contributed by atoms with Gasteiger partial charge in [-0.1, -0.05) is 77.3 Å². The summed E-state index contributed by atoms with van der Waals surface area (Å²) in [6, 6.07) is 23.1. The highest BCUT2D eigenvalue weighted by molar-refractivity contribution is 7.89. The lowest BCUT2D eigenvalue weighted by Gasteiger charge is -2.29. The van der Waals surface area contributed by atoms with Crippen molar-refractivity contribution in [1.82, 2.24) is 25.5 Å². The van der Waals surface area contributed by atoms with E-state index in [0.29, 0.717) is 11.1 Å². The average molecular weight is 656 g/mol. The Bertz CT molecular complexity index is 1460. The minimum atomic E-state index is -4.44. The van der Waals surface area contributed by atoms with E-state index in [0.717, 1.165) is 49.4 Å². The summed E-state index contributed by atoms with van der Waals surface area (Å²) in [6.45, 7) is 4.55. The highest BCUT2D eigenvalue weighted by Gasteiger charge is 2.37. The summed E-state index contributed by atoms with van der Waals surface area (Å²) in [5.74, 6) is -1.04. The van der Waals surface area contributed by atoms with Gasteiger partial charge in [-0.3, -0.25) is 19.7 Å². The second kappa shape index (κ2) is 18.3. The van der Waals surface area contributed by atoms with E-state index in [2.05, 4.69) is 15.5 Å². The lowest BCUT2D eigenvalue weighted by atomic mass is 10.1. The van der Waals surface area contributed by atoms with Gasteiger partial charge in [0, 0.05) is 39.3 Å². The smallest absolute Gasteiger partial charge is 0.407 e. The number of alkyl carbamates (subject to hydrolysis) is 1. The van der Waals surface area contributed by atoms with Crippen LogP contribution in [0, 0.1) is 0 Å². The van der Waals surface area contributed by atoms with Crippen molar-refractivity contribution in [2.45, 2.75) is 24.0 Å². The largest absolute Gasteiger partial charge is 0.445 e. The van der Waals surface area contributed by atoms with Gasteiger partial charge in [0.25, 0.3) is 15.9 Å². The Morgan fingerprint density at radius 2 is 1.54 bits per heavy atom. The minimum absolute atomic E-state index is 0.0322. The number of piperazine rings is 1. The summed E-state index contributed by atoms with van der Waals surface area (Å²) in [6.07, 6.45) is -0.991. The number of carbonyl (C=O) groups excluding carboxylic acids is 2. The molecule has 0 aromatic heterocycles. The molecule has 4 rings (SSSR count). The van der Waals surface area contributed by atoms with Crippen LogP contribution in [-0.4, -0.2) is 100 Å². The van der Waals surface area contributed by atoms with Crippen LogP contribution in [0.5, 0.6) is 0 Å². The molecular formula is C32H41N5O8S. The van der Waals surface area contributed by atoms with Crippen molar-refractivity contribution in [2.75, 3.05) is 59.1 Å². The molecule has 0 bridgehead atoms. The summed E-state index contributed by atoms with van der Waals surface area (Å²) in [7, 11) is -4.44. The molecule has 46 heavy (non-hydrogen) atoms. The topological polar surface area (TPSA) is 159 Å². The van der Waals surface area contributed by atoms with Crippen LogP contribution in [-0.2, 0) is 35.7 Å². The number of ether oxygens (including phenoxy) is 2. The molecule has 0 radical (unpaired) electrons. The van der Waals surface area contributed by atoms with E-state index >= 15 is 0 Å². The van der Waals surface area contributed by atoms with E-state index in [4.69, 9.17) is 14.3 Å². The van der Waals surface area contributed by atoms with Gasteiger partial charge in [-0.15, -0.1) is 0 Å². The maximum absolute atomic E-state index is 13.9. The number of carbonyl (C=O) groups is 2. The van der Waals surface area contributed by atoms with E-state index in [1.165, 1.54) is 17.6 Å². The fraction of sp³-hybridized carbons (Fsp3) is 0.375. The first kappa shape index (κ1) is 35.0. The number of rotatable bonds is 17. The van der Waals surface area contributed by atoms with Crippen LogP contribution < -0.4 is 16.1 Å². The summed E-state index contributed by atoms with van der Waals surface area (Å²) in [5, 5.41) is 15.3. The highest BCUT2D eigenvalue weighted by atomic mass is 32.2. The summed E-state index contributed by atoms with van der Waals surface area (Å²) < 4.78 is 39.2. The molecule has 1 atom stereocenters. The molecule has 0 spiro atoms. The first-order valence-electron chi connectivity index (χ1n) is 15.1. The zero-order chi connectivity index (χ0) is 32.6. The first-order chi connectivity index (χ1) is 22.4. The van der Waals surface area contributed by atoms with Crippen molar-refractivity contribution in [1.29, 1.82) is 0 Å². The fourth-order valence-electron chi connectivity index (χ4n) is 4.79. The molecule has 13 nitrogen and oxygen atoms in total. The van der Waals surface area contributed by atoms with Gasteiger partial charge in [0.2, 0.25) is 0 Å². The van der Waals surface area contributed by atoms with E-state index in [1.807, 2.05) is 48.5 Å². The van der Waals surface area contributed by atoms with E-state index in [9.17, 15) is 23.2 Å². The van der Waals surface area contributed by atoms with Crippen molar-refractivity contribution >= 4 is 22.0 Å². The second-order valence-electron chi connectivity index (χ2n) is 10.5.